The summed E-state index contributed by atoms with van der Waals surface area (Å²) in [5.41, 5.74) is 10.2. The van der Waals surface area contributed by atoms with Crippen molar-refractivity contribution in [2.24, 2.45) is 0 Å². The number of aromatic nitrogens is 6. The van der Waals surface area contributed by atoms with Gasteiger partial charge in [0, 0.05) is 48.6 Å². The molecule has 0 unspecified atom stereocenters. The fourth-order valence-corrected chi connectivity index (χ4v) is 9.79. The van der Waals surface area contributed by atoms with Gasteiger partial charge in [-0.1, -0.05) is 195 Å². The summed E-state index contributed by atoms with van der Waals surface area (Å²) in [5, 5.41) is 2.16. The first kappa shape index (κ1) is 37.4. The van der Waals surface area contributed by atoms with Gasteiger partial charge in [0.15, 0.2) is 34.9 Å². The summed E-state index contributed by atoms with van der Waals surface area (Å²) in [4.78, 5) is 32.9. The van der Waals surface area contributed by atoms with Crippen LogP contribution in [0, 0.1) is 0 Å². The Hall–Kier alpha value is -7.61. The number of fused-ring (bicyclic) bond motifs is 3. The van der Waals surface area contributed by atoms with Gasteiger partial charge in [-0.15, -0.1) is 0 Å². The van der Waals surface area contributed by atoms with E-state index in [1.165, 1.54) is 20.9 Å². The van der Waals surface area contributed by atoms with Gasteiger partial charge in [-0.05, 0) is 57.3 Å². The van der Waals surface area contributed by atoms with E-state index >= 15 is 0 Å². The average Bonchev–Trinajstić information content (AvgIpc) is 3.34. The van der Waals surface area contributed by atoms with Gasteiger partial charge in [0.1, 0.15) is 0 Å². The van der Waals surface area contributed by atoms with Crippen molar-refractivity contribution in [3.63, 3.8) is 0 Å². The maximum absolute atomic E-state index is 5.28. The van der Waals surface area contributed by atoms with Crippen LogP contribution in [-0.2, 0) is 5.41 Å². The smallest absolute Gasteiger partial charge is 0.164 e. The highest BCUT2D eigenvalue weighted by atomic mass is 32.2. The lowest BCUT2D eigenvalue weighted by Crippen LogP contribution is -2.23. The normalized spacial score (nSPS) is 12.7. The zero-order valence-corrected chi connectivity index (χ0v) is 34.9. The summed E-state index contributed by atoms with van der Waals surface area (Å²) >= 11 is 1.81. The van der Waals surface area contributed by atoms with Crippen LogP contribution in [0.1, 0.15) is 25.0 Å². The molecule has 62 heavy (non-hydrogen) atoms. The number of benzene rings is 8. The maximum Gasteiger partial charge on any atom is 0.164 e. The maximum atomic E-state index is 5.28. The minimum Gasteiger partial charge on any atom is -0.208 e. The molecule has 0 spiro atoms. The van der Waals surface area contributed by atoms with Crippen LogP contribution in [0.25, 0.3) is 90.2 Å². The van der Waals surface area contributed by atoms with Crippen molar-refractivity contribution in [2.75, 3.05) is 0 Å². The van der Waals surface area contributed by atoms with E-state index in [4.69, 9.17) is 29.9 Å². The van der Waals surface area contributed by atoms with Crippen LogP contribution in [0.5, 0.6) is 0 Å². The van der Waals surface area contributed by atoms with Crippen LogP contribution >= 0.6 is 11.8 Å². The van der Waals surface area contributed by atoms with Gasteiger partial charge in [-0.2, -0.15) is 0 Å². The van der Waals surface area contributed by atoms with E-state index in [2.05, 4.69) is 129 Å². The van der Waals surface area contributed by atoms with E-state index in [1.54, 1.807) is 0 Å². The highest BCUT2D eigenvalue weighted by Gasteiger charge is 2.33. The largest absolute Gasteiger partial charge is 0.208 e. The van der Waals surface area contributed by atoms with Gasteiger partial charge in [0.05, 0.1) is 0 Å². The molecule has 6 nitrogen and oxygen atoms in total. The second-order valence-corrected chi connectivity index (χ2v) is 17.1. The Bertz CT molecular complexity index is 3220. The summed E-state index contributed by atoms with van der Waals surface area (Å²) in [6.45, 7) is 4.61. The van der Waals surface area contributed by atoms with Crippen molar-refractivity contribution >= 4 is 22.5 Å². The van der Waals surface area contributed by atoms with Crippen molar-refractivity contribution < 1.29 is 0 Å². The van der Waals surface area contributed by atoms with Crippen LogP contribution in [0.15, 0.2) is 204 Å². The molecule has 294 valence electrons. The summed E-state index contributed by atoms with van der Waals surface area (Å²) in [6.07, 6.45) is 0. The Morgan fingerprint density at radius 2 is 0.758 bits per heavy atom. The lowest BCUT2D eigenvalue weighted by Gasteiger charge is -2.34. The zero-order chi connectivity index (χ0) is 41.6. The molecule has 8 aromatic carbocycles. The fraction of sp³-hybridized carbons (Fsp3) is 0.0545. The zero-order valence-electron chi connectivity index (χ0n) is 34.1. The molecular formula is C55H38N6S. The molecule has 0 radical (unpaired) electrons. The number of rotatable bonds is 7. The van der Waals surface area contributed by atoms with E-state index in [0.717, 1.165) is 55.3 Å². The first-order valence-electron chi connectivity index (χ1n) is 20.7. The molecule has 0 bridgehead atoms. The van der Waals surface area contributed by atoms with E-state index in [-0.39, 0.29) is 5.41 Å². The third kappa shape index (κ3) is 6.92. The second-order valence-electron chi connectivity index (χ2n) is 16.0. The van der Waals surface area contributed by atoms with Gasteiger partial charge < -0.3 is 0 Å². The van der Waals surface area contributed by atoms with E-state index in [0.29, 0.717) is 34.9 Å². The van der Waals surface area contributed by atoms with Crippen molar-refractivity contribution in [2.45, 2.75) is 29.1 Å². The summed E-state index contributed by atoms with van der Waals surface area (Å²) in [6, 6.07) is 67.0. The highest BCUT2D eigenvalue weighted by molar-refractivity contribution is 7.99. The van der Waals surface area contributed by atoms with Crippen LogP contribution in [0.4, 0.5) is 0 Å². The predicted octanol–water partition coefficient (Wildman–Crippen LogP) is 13.7. The molecule has 0 saturated carbocycles. The summed E-state index contributed by atoms with van der Waals surface area (Å²) < 4.78 is 0. The van der Waals surface area contributed by atoms with Gasteiger partial charge in [-0.3, -0.25) is 0 Å². The summed E-state index contributed by atoms with van der Waals surface area (Å²) in [5.74, 6) is 3.76. The van der Waals surface area contributed by atoms with E-state index in [1.807, 2.05) is 90.6 Å². The van der Waals surface area contributed by atoms with Crippen molar-refractivity contribution in [1.82, 2.24) is 29.9 Å². The Morgan fingerprint density at radius 3 is 1.35 bits per heavy atom. The predicted molar refractivity (Wildman–Crippen MR) is 251 cm³/mol. The van der Waals surface area contributed by atoms with Gasteiger partial charge >= 0.3 is 0 Å². The molecular weight excluding hydrogens is 777 g/mol. The Labute approximate surface area is 364 Å². The Morgan fingerprint density at radius 1 is 0.323 bits per heavy atom. The van der Waals surface area contributed by atoms with Gasteiger partial charge in [0.2, 0.25) is 0 Å². The fourth-order valence-electron chi connectivity index (χ4n) is 8.35. The second kappa shape index (κ2) is 15.4. The molecule has 1 aliphatic rings. The third-order valence-corrected chi connectivity index (χ3v) is 12.8. The molecule has 10 aromatic rings. The lowest BCUT2D eigenvalue weighted by atomic mass is 9.77. The molecule has 1 aliphatic heterocycles. The number of nitrogens with zero attached hydrogens (tertiary/aromatic N) is 6. The molecule has 2 aromatic heterocycles. The number of hydrogen-bond donors (Lipinski definition) is 0. The Balaban J connectivity index is 1.02. The van der Waals surface area contributed by atoms with Crippen LogP contribution in [-0.4, -0.2) is 29.9 Å². The molecule has 0 fully saturated rings. The molecule has 0 aliphatic carbocycles. The van der Waals surface area contributed by atoms with Gasteiger partial charge in [-0.25, -0.2) is 29.9 Å². The van der Waals surface area contributed by atoms with E-state index < -0.39 is 0 Å². The van der Waals surface area contributed by atoms with Crippen molar-refractivity contribution in [3.05, 3.63) is 205 Å². The minimum atomic E-state index is -0.131. The number of hydrogen-bond acceptors (Lipinski definition) is 7. The molecule has 7 heteroatoms. The Kier molecular flexibility index (Phi) is 9.32. The molecule has 11 rings (SSSR count). The van der Waals surface area contributed by atoms with E-state index in [9.17, 15) is 0 Å². The van der Waals surface area contributed by atoms with Gasteiger partial charge in [0.25, 0.3) is 0 Å². The molecule has 0 N–H and O–H groups in total. The average molecular weight is 815 g/mol. The van der Waals surface area contributed by atoms with Crippen LogP contribution in [0.3, 0.4) is 0 Å². The highest BCUT2D eigenvalue weighted by Crippen LogP contribution is 2.50. The minimum absolute atomic E-state index is 0.131. The van der Waals surface area contributed by atoms with Crippen LogP contribution < -0.4 is 0 Å². The molecule has 0 amide bonds. The quantitative estimate of drug-likeness (QED) is 0.159. The third-order valence-electron chi connectivity index (χ3n) is 11.6. The lowest BCUT2D eigenvalue weighted by molar-refractivity contribution is 0.607. The van der Waals surface area contributed by atoms with Crippen molar-refractivity contribution in [1.29, 1.82) is 0 Å². The monoisotopic (exact) mass is 814 g/mol. The SMILES string of the molecule is CC1(C)c2ccccc2Sc2cc(-c3nc(-c4ccccc4)nc(-c4cc(-c5ccc(-c6nc(-c7ccccc7)nc(-c7ccccc7)n6)cc5)cc5ccccc45)n3)ccc21. The van der Waals surface area contributed by atoms with Crippen molar-refractivity contribution in [3.8, 4) is 79.5 Å². The molecule has 0 saturated heterocycles. The first-order valence-corrected chi connectivity index (χ1v) is 21.5. The summed E-state index contributed by atoms with van der Waals surface area (Å²) in [7, 11) is 0. The molecule has 0 atom stereocenters. The first-order chi connectivity index (χ1) is 30.4. The van der Waals surface area contributed by atoms with Crippen LogP contribution in [0.2, 0.25) is 0 Å². The topological polar surface area (TPSA) is 77.3 Å². The standard InChI is InChI=1S/C55H38N6S/c1-55(2)45-24-14-15-25-47(45)62-48-34-41(30-31-46(48)55)53-59-51(38-20-10-5-11-21-38)60-54(61-53)44-33-42(32-40-22-12-13-23-43(40)44)35-26-28-39(29-27-35)52-57-49(36-16-6-3-7-17-36)56-50(58-52)37-18-8-4-9-19-37/h3-34H,1-2H3. The molecule has 3 heterocycles.